The zero-order valence-corrected chi connectivity index (χ0v) is 20.5. The van der Waals surface area contributed by atoms with Crippen LogP contribution in [0.4, 0.5) is 4.79 Å². The van der Waals surface area contributed by atoms with Gasteiger partial charge in [0.2, 0.25) is 0 Å². The van der Waals surface area contributed by atoms with Gasteiger partial charge < -0.3 is 24.3 Å². The molecule has 2 aromatic rings. The molecule has 182 valence electrons. The van der Waals surface area contributed by atoms with Gasteiger partial charge in [0, 0.05) is 7.05 Å². The van der Waals surface area contributed by atoms with Crippen molar-refractivity contribution in [3.8, 4) is 17.2 Å². The van der Waals surface area contributed by atoms with Crippen LogP contribution in [0.25, 0.3) is 0 Å². The van der Waals surface area contributed by atoms with Crippen LogP contribution in [0.3, 0.4) is 0 Å². The molecule has 0 fully saturated rings. The molecule has 0 saturated carbocycles. The maximum absolute atomic E-state index is 13.1. The minimum Gasteiger partial charge on any atom is -0.493 e. The SMILES string of the molecule is CCOC(=O)C1=C(COc2ccc(C(C)C)cc2)N(C)C(=O)NC1c1ccc(OC)c(OC)c1. The van der Waals surface area contributed by atoms with Crippen molar-refractivity contribution < 1.29 is 28.5 Å². The molecule has 34 heavy (non-hydrogen) atoms. The standard InChI is InChI=1S/C26H32N2O6/c1-7-33-25(29)23-20(15-34-19-11-8-17(9-12-19)16(2)3)28(4)26(30)27-24(23)18-10-13-21(31-5)22(14-18)32-6/h8-14,16,24H,7,15H2,1-6H3,(H,27,30). The predicted molar refractivity (Wildman–Crippen MR) is 128 cm³/mol. The monoisotopic (exact) mass is 468 g/mol. The summed E-state index contributed by atoms with van der Waals surface area (Å²) in [4.78, 5) is 27.3. The number of esters is 1. The Hall–Kier alpha value is -3.68. The molecule has 0 radical (unpaired) electrons. The lowest BCUT2D eigenvalue weighted by Gasteiger charge is -2.34. The van der Waals surface area contributed by atoms with Crippen LogP contribution in [-0.4, -0.2) is 51.4 Å². The highest BCUT2D eigenvalue weighted by Gasteiger charge is 2.37. The molecule has 0 aliphatic carbocycles. The van der Waals surface area contributed by atoms with E-state index in [0.29, 0.717) is 40.0 Å². The van der Waals surface area contributed by atoms with Crippen LogP contribution in [0.2, 0.25) is 0 Å². The minimum absolute atomic E-state index is 0.0167. The molecule has 0 bridgehead atoms. The normalized spacial score (nSPS) is 15.8. The van der Waals surface area contributed by atoms with Crippen LogP contribution in [0.5, 0.6) is 17.2 Å². The number of hydrogen-bond donors (Lipinski definition) is 1. The maximum Gasteiger partial charge on any atom is 0.338 e. The van der Waals surface area contributed by atoms with Gasteiger partial charge in [0.05, 0.1) is 38.1 Å². The third-order valence-electron chi connectivity index (χ3n) is 5.74. The van der Waals surface area contributed by atoms with E-state index < -0.39 is 12.0 Å². The Morgan fingerprint density at radius 2 is 1.74 bits per heavy atom. The largest absolute Gasteiger partial charge is 0.493 e. The summed E-state index contributed by atoms with van der Waals surface area (Å²) in [6.07, 6.45) is 0. The van der Waals surface area contributed by atoms with Crippen LogP contribution in [0.15, 0.2) is 53.7 Å². The second kappa shape index (κ2) is 11.0. The van der Waals surface area contributed by atoms with Gasteiger partial charge in [-0.15, -0.1) is 0 Å². The Kier molecular flexibility index (Phi) is 8.04. The van der Waals surface area contributed by atoms with E-state index >= 15 is 0 Å². The van der Waals surface area contributed by atoms with Gasteiger partial charge in [0.1, 0.15) is 12.4 Å². The Bertz CT molecular complexity index is 1060. The van der Waals surface area contributed by atoms with Crippen molar-refractivity contribution in [1.29, 1.82) is 0 Å². The molecule has 8 heteroatoms. The first-order valence-electron chi connectivity index (χ1n) is 11.2. The number of amides is 2. The summed E-state index contributed by atoms with van der Waals surface area (Å²) >= 11 is 0. The highest BCUT2D eigenvalue weighted by atomic mass is 16.5. The number of carbonyl (C=O) groups excluding carboxylic acids is 2. The molecule has 2 amide bonds. The van der Waals surface area contributed by atoms with Crippen molar-refractivity contribution in [2.24, 2.45) is 0 Å². The fraction of sp³-hybridized carbons (Fsp3) is 0.385. The lowest BCUT2D eigenvalue weighted by Crippen LogP contribution is -2.48. The summed E-state index contributed by atoms with van der Waals surface area (Å²) < 4.78 is 22.1. The number of nitrogens with zero attached hydrogens (tertiary/aromatic N) is 1. The van der Waals surface area contributed by atoms with Crippen molar-refractivity contribution in [2.75, 3.05) is 34.5 Å². The molecule has 2 aromatic carbocycles. The fourth-order valence-corrected chi connectivity index (χ4v) is 3.76. The summed E-state index contributed by atoms with van der Waals surface area (Å²) in [7, 11) is 4.67. The van der Waals surface area contributed by atoms with Gasteiger partial charge in [-0.3, -0.25) is 4.90 Å². The van der Waals surface area contributed by atoms with Crippen molar-refractivity contribution in [3.63, 3.8) is 0 Å². The summed E-state index contributed by atoms with van der Waals surface area (Å²) in [6, 6.07) is 11.9. The lowest BCUT2D eigenvalue weighted by molar-refractivity contribution is -0.139. The number of hydrogen-bond acceptors (Lipinski definition) is 6. The van der Waals surface area contributed by atoms with Crippen molar-refractivity contribution in [2.45, 2.75) is 32.7 Å². The zero-order chi connectivity index (χ0) is 24.8. The Morgan fingerprint density at radius 3 is 2.32 bits per heavy atom. The molecule has 1 aliphatic heterocycles. The van der Waals surface area contributed by atoms with Crippen LogP contribution in [-0.2, 0) is 9.53 Å². The number of carbonyl (C=O) groups is 2. The van der Waals surface area contributed by atoms with E-state index in [2.05, 4.69) is 19.2 Å². The van der Waals surface area contributed by atoms with Gasteiger partial charge in [-0.05, 0) is 48.2 Å². The van der Waals surface area contributed by atoms with Gasteiger partial charge in [-0.1, -0.05) is 32.0 Å². The average Bonchev–Trinajstić information content (AvgIpc) is 2.84. The topological polar surface area (TPSA) is 86.3 Å². The molecule has 0 saturated heterocycles. The second-order valence-corrected chi connectivity index (χ2v) is 8.15. The second-order valence-electron chi connectivity index (χ2n) is 8.15. The van der Waals surface area contributed by atoms with Gasteiger partial charge in [0.15, 0.2) is 11.5 Å². The Balaban J connectivity index is 2.02. The van der Waals surface area contributed by atoms with Crippen LogP contribution in [0, 0.1) is 0 Å². The van der Waals surface area contributed by atoms with Gasteiger partial charge in [0.25, 0.3) is 0 Å². The van der Waals surface area contributed by atoms with E-state index in [1.165, 1.54) is 17.6 Å². The third-order valence-corrected chi connectivity index (χ3v) is 5.74. The highest BCUT2D eigenvalue weighted by molar-refractivity contribution is 5.95. The van der Waals surface area contributed by atoms with E-state index in [1.54, 1.807) is 39.3 Å². The Labute approximate surface area is 200 Å². The number of rotatable bonds is 9. The zero-order valence-electron chi connectivity index (χ0n) is 20.5. The predicted octanol–water partition coefficient (Wildman–Crippen LogP) is 4.42. The number of likely N-dealkylation sites (N-methyl/N-ethyl adjacent to an activating group) is 1. The highest BCUT2D eigenvalue weighted by Crippen LogP contribution is 2.36. The van der Waals surface area contributed by atoms with Gasteiger partial charge >= 0.3 is 12.0 Å². The average molecular weight is 469 g/mol. The third kappa shape index (κ3) is 5.27. The van der Waals surface area contributed by atoms with Gasteiger partial charge in [-0.25, -0.2) is 9.59 Å². The summed E-state index contributed by atoms with van der Waals surface area (Å²) in [5.74, 6) is 1.55. The number of benzene rings is 2. The summed E-state index contributed by atoms with van der Waals surface area (Å²) in [5, 5.41) is 2.89. The van der Waals surface area contributed by atoms with Crippen molar-refractivity contribution in [3.05, 3.63) is 64.9 Å². The number of urea groups is 1. The Morgan fingerprint density at radius 1 is 1.06 bits per heavy atom. The molecule has 1 atom stereocenters. The number of methoxy groups -OCH3 is 2. The number of ether oxygens (including phenoxy) is 4. The van der Waals surface area contributed by atoms with E-state index in [4.69, 9.17) is 18.9 Å². The molecular weight excluding hydrogens is 436 g/mol. The van der Waals surface area contributed by atoms with E-state index in [9.17, 15) is 9.59 Å². The molecule has 0 aromatic heterocycles. The molecular formula is C26H32N2O6. The minimum atomic E-state index is -0.746. The maximum atomic E-state index is 13.1. The molecule has 1 aliphatic rings. The van der Waals surface area contributed by atoms with Crippen LogP contribution < -0.4 is 19.5 Å². The van der Waals surface area contributed by atoms with E-state index in [-0.39, 0.29) is 19.2 Å². The molecule has 0 spiro atoms. The first kappa shape index (κ1) is 25.0. The summed E-state index contributed by atoms with van der Waals surface area (Å²) in [6.45, 7) is 6.19. The van der Waals surface area contributed by atoms with Crippen molar-refractivity contribution in [1.82, 2.24) is 10.2 Å². The molecule has 1 N–H and O–H groups in total. The smallest absolute Gasteiger partial charge is 0.338 e. The van der Waals surface area contributed by atoms with Gasteiger partial charge in [-0.2, -0.15) is 0 Å². The van der Waals surface area contributed by atoms with Crippen LogP contribution >= 0.6 is 0 Å². The first-order valence-corrected chi connectivity index (χ1v) is 11.2. The van der Waals surface area contributed by atoms with E-state index in [0.717, 1.165) is 0 Å². The fourth-order valence-electron chi connectivity index (χ4n) is 3.76. The van der Waals surface area contributed by atoms with Crippen molar-refractivity contribution >= 4 is 12.0 Å². The molecule has 1 unspecified atom stereocenters. The number of nitrogens with one attached hydrogen (secondary N) is 1. The molecule has 1 heterocycles. The first-order chi connectivity index (χ1) is 16.3. The lowest BCUT2D eigenvalue weighted by atomic mass is 9.94. The quantitative estimate of drug-likeness (QED) is 0.549. The van der Waals surface area contributed by atoms with Crippen LogP contribution in [0.1, 0.15) is 43.9 Å². The summed E-state index contributed by atoms with van der Waals surface area (Å²) in [5.41, 5.74) is 2.58. The molecule has 8 nitrogen and oxygen atoms in total. The molecule has 3 rings (SSSR count). The van der Waals surface area contributed by atoms with E-state index in [1.807, 2.05) is 24.3 Å².